The van der Waals surface area contributed by atoms with Crippen LogP contribution in [0.15, 0.2) is 36.5 Å². The van der Waals surface area contributed by atoms with Crippen LogP contribution in [0.2, 0.25) is 0 Å². The van der Waals surface area contributed by atoms with E-state index < -0.39 is 12.3 Å². The Morgan fingerprint density at radius 2 is 2.12 bits per heavy atom. The second kappa shape index (κ2) is 6.04. The first-order valence-corrected chi connectivity index (χ1v) is 6.95. The van der Waals surface area contributed by atoms with Gasteiger partial charge in [-0.3, -0.25) is 4.79 Å². The van der Waals surface area contributed by atoms with Crippen LogP contribution in [0.3, 0.4) is 0 Å². The molecule has 3 aromatic rings. The number of fused-ring (bicyclic) bond motifs is 1. The number of hydrogen-bond donors (Lipinski definition) is 1. The summed E-state index contributed by atoms with van der Waals surface area (Å²) >= 11 is 0. The highest BCUT2D eigenvalue weighted by Crippen LogP contribution is 2.22. The molecule has 0 aliphatic rings. The molecule has 0 saturated heterocycles. The van der Waals surface area contributed by atoms with Crippen molar-refractivity contribution >= 4 is 17.2 Å². The van der Waals surface area contributed by atoms with Gasteiger partial charge in [-0.25, -0.2) is 18.3 Å². The lowest BCUT2D eigenvalue weighted by atomic mass is 10.2. The Morgan fingerprint density at radius 1 is 1.38 bits per heavy atom. The molecule has 0 aliphatic heterocycles. The van der Waals surface area contributed by atoms with E-state index in [4.69, 9.17) is 5.26 Å². The first-order valence-electron chi connectivity index (χ1n) is 6.95. The maximum atomic E-state index is 13.1. The number of nitrogens with zero attached hydrogens (tertiary/aromatic N) is 4. The van der Waals surface area contributed by atoms with E-state index in [1.807, 2.05) is 6.07 Å². The summed E-state index contributed by atoms with van der Waals surface area (Å²) in [6.07, 6.45) is -1.57. The number of carbonyl (C=O) groups excluding carboxylic acids is 1. The molecular weight excluding hydrogens is 316 g/mol. The smallest absolute Gasteiger partial charge is 0.280 e. The van der Waals surface area contributed by atoms with E-state index in [-0.39, 0.29) is 16.9 Å². The second-order valence-corrected chi connectivity index (χ2v) is 5.03. The summed E-state index contributed by atoms with van der Waals surface area (Å²) < 4.78 is 27.2. The van der Waals surface area contributed by atoms with Crippen molar-refractivity contribution in [1.29, 1.82) is 5.26 Å². The highest BCUT2D eigenvalue weighted by Gasteiger charge is 2.20. The molecule has 0 saturated carbocycles. The van der Waals surface area contributed by atoms with Crippen molar-refractivity contribution in [1.82, 2.24) is 14.6 Å². The zero-order valence-electron chi connectivity index (χ0n) is 12.5. The van der Waals surface area contributed by atoms with Crippen molar-refractivity contribution in [2.75, 3.05) is 5.32 Å². The van der Waals surface area contributed by atoms with Gasteiger partial charge in [-0.15, -0.1) is 0 Å². The molecule has 3 rings (SSSR count). The lowest BCUT2D eigenvalue weighted by Gasteiger charge is -2.07. The monoisotopic (exact) mass is 327 g/mol. The van der Waals surface area contributed by atoms with Crippen LogP contribution in [0.25, 0.3) is 5.65 Å². The number of halogens is 2. The van der Waals surface area contributed by atoms with Crippen molar-refractivity contribution in [2.45, 2.75) is 13.3 Å². The Balaban J connectivity index is 2.04. The molecule has 6 nitrogen and oxygen atoms in total. The van der Waals surface area contributed by atoms with Gasteiger partial charge in [0.25, 0.3) is 12.3 Å². The summed E-state index contributed by atoms with van der Waals surface area (Å²) in [7, 11) is 0. The Kier molecular flexibility index (Phi) is 3.92. The standard InChI is InChI=1S/C16H11F2N5O/c1-9-6-13(14(17)18)23-15(21-9)11(8-20-23)16(24)22-12-5-3-2-4-10(12)7-19/h2-6,8,14H,1H3,(H,22,24). The minimum absolute atomic E-state index is 0.0391. The van der Waals surface area contributed by atoms with E-state index in [0.717, 1.165) is 4.52 Å². The maximum absolute atomic E-state index is 13.1. The average molecular weight is 327 g/mol. The molecule has 0 fully saturated rings. The van der Waals surface area contributed by atoms with Gasteiger partial charge in [0, 0.05) is 5.69 Å². The lowest BCUT2D eigenvalue weighted by molar-refractivity contribution is 0.102. The molecule has 0 bridgehead atoms. The molecule has 1 N–H and O–H groups in total. The number of anilines is 1. The second-order valence-electron chi connectivity index (χ2n) is 5.03. The van der Waals surface area contributed by atoms with Gasteiger partial charge in [0.05, 0.1) is 17.4 Å². The van der Waals surface area contributed by atoms with Gasteiger partial charge in [-0.2, -0.15) is 10.4 Å². The fourth-order valence-corrected chi connectivity index (χ4v) is 2.31. The minimum atomic E-state index is -2.75. The fourth-order valence-electron chi connectivity index (χ4n) is 2.31. The number of aromatic nitrogens is 3. The van der Waals surface area contributed by atoms with Crippen molar-refractivity contribution in [3.8, 4) is 6.07 Å². The van der Waals surface area contributed by atoms with Crippen LogP contribution >= 0.6 is 0 Å². The van der Waals surface area contributed by atoms with E-state index in [1.165, 1.54) is 12.3 Å². The van der Waals surface area contributed by atoms with Crippen LogP contribution in [-0.4, -0.2) is 20.5 Å². The molecule has 1 amide bonds. The third-order valence-corrected chi connectivity index (χ3v) is 3.39. The summed E-state index contributed by atoms with van der Waals surface area (Å²) in [6, 6.07) is 9.66. The van der Waals surface area contributed by atoms with Gasteiger partial charge in [-0.05, 0) is 25.1 Å². The minimum Gasteiger partial charge on any atom is -0.321 e. The van der Waals surface area contributed by atoms with E-state index in [1.54, 1.807) is 31.2 Å². The highest BCUT2D eigenvalue weighted by atomic mass is 19.3. The number of aryl methyl sites for hydroxylation is 1. The van der Waals surface area contributed by atoms with Crippen LogP contribution in [-0.2, 0) is 0 Å². The van der Waals surface area contributed by atoms with Crippen LogP contribution in [0.5, 0.6) is 0 Å². The van der Waals surface area contributed by atoms with Crippen molar-refractivity contribution in [3.05, 3.63) is 59.0 Å². The third-order valence-electron chi connectivity index (χ3n) is 3.39. The molecule has 1 aromatic carbocycles. The molecule has 0 atom stereocenters. The van der Waals surface area contributed by atoms with E-state index >= 15 is 0 Å². The normalized spacial score (nSPS) is 10.8. The number of hydrogen-bond acceptors (Lipinski definition) is 4. The largest absolute Gasteiger partial charge is 0.321 e. The molecule has 0 radical (unpaired) electrons. The average Bonchev–Trinajstić information content (AvgIpc) is 2.98. The first-order chi connectivity index (χ1) is 11.5. The number of rotatable bonds is 3. The number of para-hydroxylation sites is 1. The molecular formula is C16H11F2N5O. The third kappa shape index (κ3) is 2.67. The zero-order chi connectivity index (χ0) is 17.3. The molecule has 24 heavy (non-hydrogen) atoms. The maximum Gasteiger partial charge on any atom is 0.280 e. The summed E-state index contributed by atoms with van der Waals surface area (Å²) in [6.45, 7) is 1.56. The molecule has 0 aliphatic carbocycles. The molecule has 2 heterocycles. The van der Waals surface area contributed by atoms with Crippen molar-refractivity contribution < 1.29 is 13.6 Å². The number of nitriles is 1. The van der Waals surface area contributed by atoms with E-state index in [2.05, 4.69) is 15.4 Å². The molecule has 8 heteroatoms. The number of nitrogens with one attached hydrogen (secondary N) is 1. The van der Waals surface area contributed by atoms with Gasteiger partial charge in [-0.1, -0.05) is 12.1 Å². The Bertz CT molecular complexity index is 974. The first kappa shape index (κ1) is 15.6. The van der Waals surface area contributed by atoms with Crippen LogP contribution < -0.4 is 5.32 Å². The predicted molar refractivity (Wildman–Crippen MR) is 81.8 cm³/mol. The summed E-state index contributed by atoms with van der Waals surface area (Å²) in [5.41, 5.74) is 0.718. The van der Waals surface area contributed by atoms with Crippen LogP contribution in [0.1, 0.15) is 33.7 Å². The van der Waals surface area contributed by atoms with E-state index in [9.17, 15) is 13.6 Å². The molecule has 0 unspecified atom stereocenters. The number of benzene rings is 1. The molecule has 120 valence electrons. The Morgan fingerprint density at radius 3 is 2.83 bits per heavy atom. The number of carbonyl (C=O) groups is 1. The topological polar surface area (TPSA) is 83.1 Å². The van der Waals surface area contributed by atoms with Gasteiger partial charge in [0.15, 0.2) is 5.65 Å². The zero-order valence-corrected chi connectivity index (χ0v) is 12.5. The van der Waals surface area contributed by atoms with Gasteiger partial charge < -0.3 is 5.32 Å². The SMILES string of the molecule is Cc1cc(C(F)F)n2ncc(C(=O)Nc3ccccc3C#N)c2n1. The van der Waals surface area contributed by atoms with Gasteiger partial charge in [0.1, 0.15) is 17.3 Å². The highest BCUT2D eigenvalue weighted by molar-refractivity contribution is 6.08. The predicted octanol–water partition coefficient (Wildman–Crippen LogP) is 3.10. The van der Waals surface area contributed by atoms with Gasteiger partial charge >= 0.3 is 0 Å². The summed E-state index contributed by atoms with van der Waals surface area (Å²) in [5, 5.41) is 15.5. The molecule has 0 spiro atoms. The van der Waals surface area contributed by atoms with Gasteiger partial charge in [0.2, 0.25) is 0 Å². The van der Waals surface area contributed by atoms with Crippen molar-refractivity contribution in [2.24, 2.45) is 0 Å². The fraction of sp³-hybridized carbons (Fsp3) is 0.125. The quantitative estimate of drug-likeness (QED) is 0.801. The van der Waals surface area contributed by atoms with E-state index in [0.29, 0.717) is 16.9 Å². The Labute approximate surface area is 135 Å². The molecule has 2 aromatic heterocycles. The number of amides is 1. The van der Waals surface area contributed by atoms with Crippen LogP contribution in [0, 0.1) is 18.3 Å². The summed E-state index contributed by atoms with van der Waals surface area (Å²) in [5.74, 6) is -0.578. The van der Waals surface area contributed by atoms with Crippen molar-refractivity contribution in [3.63, 3.8) is 0 Å². The lowest BCUT2D eigenvalue weighted by Crippen LogP contribution is -2.13. The summed E-state index contributed by atoms with van der Waals surface area (Å²) in [4.78, 5) is 16.6. The van der Waals surface area contributed by atoms with Crippen LogP contribution in [0.4, 0.5) is 14.5 Å². The Hall–Kier alpha value is -3.34. The number of alkyl halides is 2.